The van der Waals surface area contributed by atoms with Crippen LogP contribution in [0.1, 0.15) is 303 Å². The van der Waals surface area contributed by atoms with Crippen LogP contribution >= 0.6 is 0 Å². The quantitative estimate of drug-likeness (QED) is 0.0360. The number of esters is 1. The van der Waals surface area contributed by atoms with Crippen molar-refractivity contribution < 1.29 is 29.3 Å². The number of aliphatic hydroxyl groups excluding tert-OH is 1. The molecule has 0 aromatic rings. The summed E-state index contributed by atoms with van der Waals surface area (Å²) in [5.74, 6) is -1.72. The zero-order valence-corrected chi connectivity index (χ0v) is 39.9. The van der Waals surface area contributed by atoms with Crippen LogP contribution in [0, 0.1) is 0 Å². The molecule has 0 aliphatic carbocycles. The minimum atomic E-state index is -2.52. The first-order valence-electron chi connectivity index (χ1n) is 26.5. The number of ketones is 2. The molecule has 350 valence electrons. The van der Waals surface area contributed by atoms with E-state index in [9.17, 15) is 24.6 Å². The number of carbonyl (C=O) groups is 3. The molecule has 0 heterocycles. The Bertz CT molecular complexity index is 876. The summed E-state index contributed by atoms with van der Waals surface area (Å²) in [6.07, 6.45) is 48.0. The van der Waals surface area contributed by atoms with E-state index in [1.807, 2.05) is 0 Å². The molecule has 59 heavy (non-hydrogen) atoms. The fourth-order valence-corrected chi connectivity index (χ4v) is 8.52. The Labute approximate surface area is 367 Å². The predicted octanol–water partition coefficient (Wildman–Crippen LogP) is 16.0. The number of ether oxygens (including phenoxy) is 1. The van der Waals surface area contributed by atoms with Crippen LogP contribution in [0.3, 0.4) is 0 Å². The third-order valence-corrected chi connectivity index (χ3v) is 12.7. The van der Waals surface area contributed by atoms with Crippen LogP contribution in [0.25, 0.3) is 0 Å². The lowest BCUT2D eigenvalue weighted by Crippen LogP contribution is -2.57. The van der Waals surface area contributed by atoms with Gasteiger partial charge in [-0.1, -0.05) is 265 Å². The first-order chi connectivity index (χ1) is 28.8. The molecule has 6 nitrogen and oxygen atoms in total. The summed E-state index contributed by atoms with van der Waals surface area (Å²) in [6, 6.07) is 0. The summed E-state index contributed by atoms with van der Waals surface area (Å²) in [7, 11) is 0. The van der Waals surface area contributed by atoms with Gasteiger partial charge >= 0.3 is 5.97 Å². The standard InChI is InChI=1S/C53H102O6/c1-4-7-10-13-16-19-22-25-26-29-32-35-38-41-44-47-52(57)59-48-51(56)53(58,49(54)45-42-39-36-33-30-27-23-20-17-14-11-8-5-2)50(55)46-43-40-37-34-31-28-24-21-18-15-12-9-6-3/h51,56,58H,4-48H2,1-3H3. The van der Waals surface area contributed by atoms with Crippen molar-refractivity contribution in [2.75, 3.05) is 6.61 Å². The van der Waals surface area contributed by atoms with E-state index in [0.717, 1.165) is 51.4 Å². The van der Waals surface area contributed by atoms with Gasteiger partial charge in [0.25, 0.3) is 0 Å². The minimum absolute atomic E-state index is 0.0444. The smallest absolute Gasteiger partial charge is 0.305 e. The van der Waals surface area contributed by atoms with Gasteiger partial charge in [-0.3, -0.25) is 14.4 Å². The van der Waals surface area contributed by atoms with Crippen LogP contribution in [0.2, 0.25) is 0 Å². The number of Topliss-reactive ketones (excluding diaryl/α,β-unsaturated/α-hetero) is 2. The highest BCUT2D eigenvalue weighted by Gasteiger charge is 2.49. The summed E-state index contributed by atoms with van der Waals surface area (Å²) < 4.78 is 5.36. The molecule has 0 spiro atoms. The van der Waals surface area contributed by atoms with Crippen molar-refractivity contribution >= 4 is 17.5 Å². The Morgan fingerprint density at radius 2 is 0.559 bits per heavy atom. The first kappa shape index (κ1) is 57.7. The minimum Gasteiger partial charge on any atom is -0.463 e. The number of hydrogen-bond acceptors (Lipinski definition) is 6. The number of unbranched alkanes of at least 4 members (excludes halogenated alkanes) is 38. The second kappa shape index (κ2) is 44.8. The van der Waals surface area contributed by atoms with Gasteiger partial charge in [0.1, 0.15) is 12.7 Å². The molecule has 0 amide bonds. The monoisotopic (exact) mass is 835 g/mol. The molecule has 0 saturated carbocycles. The van der Waals surface area contributed by atoms with Crippen LogP contribution in [0.15, 0.2) is 0 Å². The molecule has 0 aliphatic rings. The third-order valence-electron chi connectivity index (χ3n) is 12.7. The van der Waals surface area contributed by atoms with Crippen LogP contribution in [0.4, 0.5) is 0 Å². The van der Waals surface area contributed by atoms with Gasteiger partial charge in [-0.15, -0.1) is 0 Å². The van der Waals surface area contributed by atoms with E-state index < -0.39 is 35.8 Å². The lowest BCUT2D eigenvalue weighted by molar-refractivity contribution is -0.172. The predicted molar refractivity (Wildman–Crippen MR) is 252 cm³/mol. The van der Waals surface area contributed by atoms with E-state index in [0.29, 0.717) is 19.3 Å². The van der Waals surface area contributed by atoms with Gasteiger partial charge < -0.3 is 14.9 Å². The molecule has 6 heteroatoms. The fraction of sp³-hybridized carbons (Fsp3) is 0.943. The van der Waals surface area contributed by atoms with Gasteiger partial charge in [-0.05, 0) is 19.3 Å². The summed E-state index contributed by atoms with van der Waals surface area (Å²) in [5, 5.41) is 22.7. The molecule has 0 fully saturated rings. The van der Waals surface area contributed by atoms with Crippen LogP contribution < -0.4 is 0 Å². The van der Waals surface area contributed by atoms with Gasteiger partial charge in [-0.25, -0.2) is 0 Å². The van der Waals surface area contributed by atoms with Gasteiger partial charge in [0.05, 0.1) is 0 Å². The van der Waals surface area contributed by atoms with Crippen LogP contribution in [0.5, 0.6) is 0 Å². The van der Waals surface area contributed by atoms with E-state index in [1.54, 1.807) is 0 Å². The fourth-order valence-electron chi connectivity index (χ4n) is 8.52. The van der Waals surface area contributed by atoms with E-state index in [-0.39, 0.29) is 19.3 Å². The van der Waals surface area contributed by atoms with E-state index in [2.05, 4.69) is 20.8 Å². The average molecular weight is 835 g/mol. The Hall–Kier alpha value is -1.27. The van der Waals surface area contributed by atoms with Crippen molar-refractivity contribution in [1.82, 2.24) is 0 Å². The molecular weight excluding hydrogens is 733 g/mol. The normalized spacial score (nSPS) is 12.3. The van der Waals surface area contributed by atoms with E-state index in [4.69, 9.17) is 4.74 Å². The summed E-state index contributed by atoms with van der Waals surface area (Å²) in [6.45, 7) is 6.23. The Morgan fingerprint density at radius 1 is 0.356 bits per heavy atom. The molecule has 1 atom stereocenters. The summed E-state index contributed by atoms with van der Waals surface area (Å²) >= 11 is 0. The third kappa shape index (κ3) is 36.0. The summed E-state index contributed by atoms with van der Waals surface area (Å²) in [4.78, 5) is 39.6. The lowest BCUT2D eigenvalue weighted by Gasteiger charge is -2.30. The van der Waals surface area contributed by atoms with E-state index in [1.165, 1.54) is 193 Å². The Morgan fingerprint density at radius 3 is 0.797 bits per heavy atom. The molecule has 0 aromatic carbocycles. The SMILES string of the molecule is CCCCCCCCCCCCCCCCCC(=O)OCC(O)C(O)(C(=O)CCCCCCCCCCCCCCC)C(=O)CCCCCCCCCCCCCCC. The molecule has 0 aromatic heterocycles. The number of carbonyl (C=O) groups excluding carboxylic acids is 3. The number of hydrogen-bond donors (Lipinski definition) is 2. The maximum absolute atomic E-state index is 13.5. The van der Waals surface area contributed by atoms with Crippen LogP contribution in [-0.4, -0.2) is 46.1 Å². The second-order valence-electron chi connectivity index (χ2n) is 18.5. The molecule has 0 saturated heterocycles. The second-order valence-corrected chi connectivity index (χ2v) is 18.5. The Kier molecular flexibility index (Phi) is 43.8. The highest BCUT2D eigenvalue weighted by atomic mass is 16.5. The zero-order chi connectivity index (χ0) is 43.3. The molecule has 0 radical (unpaired) electrons. The van der Waals surface area contributed by atoms with Crippen LogP contribution in [-0.2, 0) is 19.1 Å². The van der Waals surface area contributed by atoms with Gasteiger partial charge in [0.15, 0.2) is 11.6 Å². The first-order valence-corrected chi connectivity index (χ1v) is 26.5. The highest BCUT2D eigenvalue weighted by Crippen LogP contribution is 2.24. The maximum atomic E-state index is 13.5. The van der Waals surface area contributed by atoms with Gasteiger partial charge in [-0.2, -0.15) is 0 Å². The van der Waals surface area contributed by atoms with Gasteiger partial charge in [0, 0.05) is 19.3 Å². The van der Waals surface area contributed by atoms with Gasteiger partial charge in [0.2, 0.25) is 5.60 Å². The topological polar surface area (TPSA) is 101 Å². The van der Waals surface area contributed by atoms with Crippen molar-refractivity contribution in [1.29, 1.82) is 0 Å². The maximum Gasteiger partial charge on any atom is 0.305 e. The Balaban J connectivity index is 4.57. The summed E-state index contributed by atoms with van der Waals surface area (Å²) in [5.41, 5.74) is -2.52. The molecule has 1 unspecified atom stereocenters. The average Bonchev–Trinajstić information content (AvgIpc) is 3.24. The van der Waals surface area contributed by atoms with Crippen molar-refractivity contribution in [3.8, 4) is 0 Å². The van der Waals surface area contributed by atoms with Crippen molar-refractivity contribution in [3.05, 3.63) is 0 Å². The molecule has 2 N–H and O–H groups in total. The molecule has 0 aliphatic heterocycles. The van der Waals surface area contributed by atoms with Crippen molar-refractivity contribution in [2.24, 2.45) is 0 Å². The van der Waals surface area contributed by atoms with Crippen molar-refractivity contribution in [2.45, 2.75) is 315 Å². The molecule has 0 bridgehead atoms. The van der Waals surface area contributed by atoms with E-state index >= 15 is 0 Å². The largest absolute Gasteiger partial charge is 0.463 e. The molecular formula is C53H102O6. The zero-order valence-electron chi connectivity index (χ0n) is 39.9. The number of aliphatic hydroxyl groups is 2. The molecule has 0 rings (SSSR count). The lowest BCUT2D eigenvalue weighted by atomic mass is 9.82. The highest BCUT2D eigenvalue weighted by molar-refractivity contribution is 6.10. The number of rotatable bonds is 49. The van der Waals surface area contributed by atoms with Crippen molar-refractivity contribution in [3.63, 3.8) is 0 Å².